The summed E-state index contributed by atoms with van der Waals surface area (Å²) in [5.41, 5.74) is 4.08. The summed E-state index contributed by atoms with van der Waals surface area (Å²) in [5, 5.41) is 14.8. The minimum Gasteiger partial charge on any atom is -0.347 e. The molecule has 1 aromatic carbocycles. The van der Waals surface area contributed by atoms with Crippen molar-refractivity contribution in [1.29, 1.82) is 0 Å². The number of H-pyrrole nitrogens is 1. The van der Waals surface area contributed by atoms with Crippen LogP contribution in [0.4, 0.5) is 0 Å². The van der Waals surface area contributed by atoms with Crippen LogP contribution in [-0.2, 0) is 13.1 Å². The van der Waals surface area contributed by atoms with Gasteiger partial charge in [0.05, 0.1) is 11.9 Å². The number of aryl methyl sites for hydroxylation is 1. The summed E-state index contributed by atoms with van der Waals surface area (Å²) in [4.78, 5) is 12.3. The molecule has 2 N–H and O–H groups in total. The monoisotopic (exact) mass is 343 g/mol. The molecule has 124 valence electrons. The second-order valence-electron chi connectivity index (χ2n) is 5.43. The zero-order valence-corrected chi connectivity index (χ0v) is 14.3. The Hall–Kier alpha value is -2.60. The SMILES string of the molecule is CCn1ncc(CNC(=O)c2cc(-c3ccc(Cl)cc3)n[nH]2)c1C. The third-order valence-corrected chi connectivity index (χ3v) is 4.16. The summed E-state index contributed by atoms with van der Waals surface area (Å²) >= 11 is 5.88. The Morgan fingerprint density at radius 3 is 2.75 bits per heavy atom. The van der Waals surface area contributed by atoms with Gasteiger partial charge in [-0.15, -0.1) is 0 Å². The number of hydrogen-bond donors (Lipinski definition) is 2. The molecular formula is C17H18ClN5O. The highest BCUT2D eigenvalue weighted by atomic mass is 35.5. The van der Waals surface area contributed by atoms with Crippen LogP contribution in [0.15, 0.2) is 36.5 Å². The number of nitrogens with zero attached hydrogens (tertiary/aromatic N) is 3. The first-order valence-corrected chi connectivity index (χ1v) is 8.07. The molecule has 0 spiro atoms. The van der Waals surface area contributed by atoms with Gasteiger partial charge in [0.25, 0.3) is 5.91 Å². The minimum absolute atomic E-state index is 0.202. The van der Waals surface area contributed by atoms with Crippen LogP contribution < -0.4 is 5.32 Å². The van der Waals surface area contributed by atoms with Crippen molar-refractivity contribution >= 4 is 17.5 Å². The van der Waals surface area contributed by atoms with Crippen LogP contribution in [0.1, 0.15) is 28.7 Å². The van der Waals surface area contributed by atoms with Crippen LogP contribution in [0.2, 0.25) is 5.02 Å². The number of amides is 1. The number of hydrogen-bond acceptors (Lipinski definition) is 3. The lowest BCUT2D eigenvalue weighted by Crippen LogP contribution is -2.23. The first-order valence-electron chi connectivity index (χ1n) is 7.69. The van der Waals surface area contributed by atoms with Gasteiger partial charge in [-0.2, -0.15) is 10.2 Å². The Kier molecular flexibility index (Phi) is 4.66. The lowest BCUT2D eigenvalue weighted by atomic mass is 10.1. The van der Waals surface area contributed by atoms with E-state index >= 15 is 0 Å². The van der Waals surface area contributed by atoms with Gasteiger partial charge in [0, 0.05) is 34.9 Å². The standard InChI is InChI=1S/C17H18ClN5O/c1-3-23-11(2)13(10-20-23)9-19-17(24)16-8-15(21-22-16)12-4-6-14(18)7-5-12/h4-8,10H,3,9H2,1-2H3,(H,19,24)(H,21,22). The van der Waals surface area contributed by atoms with Crippen LogP contribution in [0, 0.1) is 6.92 Å². The van der Waals surface area contributed by atoms with Crippen molar-refractivity contribution in [2.45, 2.75) is 26.9 Å². The van der Waals surface area contributed by atoms with E-state index in [0.29, 0.717) is 23.0 Å². The Morgan fingerprint density at radius 2 is 2.08 bits per heavy atom. The summed E-state index contributed by atoms with van der Waals surface area (Å²) in [6, 6.07) is 9.03. The molecule has 0 saturated heterocycles. The van der Waals surface area contributed by atoms with Gasteiger partial charge in [-0.25, -0.2) is 0 Å². The summed E-state index contributed by atoms with van der Waals surface area (Å²) in [7, 11) is 0. The molecule has 1 amide bonds. The number of carbonyl (C=O) groups is 1. The predicted octanol–water partition coefficient (Wildman–Crippen LogP) is 3.18. The number of rotatable bonds is 5. The largest absolute Gasteiger partial charge is 0.347 e. The number of benzene rings is 1. The van der Waals surface area contributed by atoms with Gasteiger partial charge in [-0.3, -0.25) is 14.6 Å². The van der Waals surface area contributed by atoms with E-state index in [2.05, 4.69) is 20.6 Å². The molecule has 0 aliphatic carbocycles. The molecule has 24 heavy (non-hydrogen) atoms. The molecule has 0 atom stereocenters. The molecule has 7 heteroatoms. The molecule has 0 bridgehead atoms. The Labute approximate surface area is 144 Å². The van der Waals surface area contributed by atoms with Crippen LogP contribution in [0.25, 0.3) is 11.3 Å². The van der Waals surface area contributed by atoms with E-state index in [0.717, 1.165) is 23.4 Å². The third-order valence-electron chi connectivity index (χ3n) is 3.91. The maximum atomic E-state index is 12.3. The Balaban J connectivity index is 1.67. The van der Waals surface area contributed by atoms with Crippen LogP contribution >= 0.6 is 11.6 Å². The number of aromatic amines is 1. The van der Waals surface area contributed by atoms with Gasteiger partial charge in [-0.1, -0.05) is 23.7 Å². The van der Waals surface area contributed by atoms with E-state index in [1.807, 2.05) is 30.7 Å². The highest BCUT2D eigenvalue weighted by Crippen LogP contribution is 2.20. The normalized spacial score (nSPS) is 10.8. The molecular weight excluding hydrogens is 326 g/mol. The molecule has 0 radical (unpaired) electrons. The van der Waals surface area contributed by atoms with E-state index in [-0.39, 0.29) is 5.91 Å². The summed E-state index contributed by atoms with van der Waals surface area (Å²) in [6.45, 7) is 5.27. The number of aromatic nitrogens is 4. The van der Waals surface area contributed by atoms with Crippen LogP contribution in [0.3, 0.4) is 0 Å². The molecule has 0 saturated carbocycles. The van der Waals surface area contributed by atoms with Crippen molar-refractivity contribution in [3.63, 3.8) is 0 Å². The van der Waals surface area contributed by atoms with Crippen molar-refractivity contribution in [3.8, 4) is 11.3 Å². The summed E-state index contributed by atoms with van der Waals surface area (Å²) in [6.07, 6.45) is 1.78. The number of halogens is 1. The summed E-state index contributed by atoms with van der Waals surface area (Å²) < 4.78 is 1.90. The van der Waals surface area contributed by atoms with Gasteiger partial charge in [0.2, 0.25) is 0 Å². The van der Waals surface area contributed by atoms with Crippen molar-refractivity contribution < 1.29 is 4.79 Å². The number of nitrogens with one attached hydrogen (secondary N) is 2. The van der Waals surface area contributed by atoms with Crippen molar-refractivity contribution in [1.82, 2.24) is 25.3 Å². The van der Waals surface area contributed by atoms with E-state index < -0.39 is 0 Å². The molecule has 3 rings (SSSR count). The zero-order valence-electron chi connectivity index (χ0n) is 13.5. The predicted molar refractivity (Wildman–Crippen MR) is 92.8 cm³/mol. The summed E-state index contributed by atoms with van der Waals surface area (Å²) in [5.74, 6) is -0.202. The van der Waals surface area contributed by atoms with E-state index in [9.17, 15) is 4.79 Å². The highest BCUT2D eigenvalue weighted by Gasteiger charge is 2.12. The number of carbonyl (C=O) groups excluding carboxylic acids is 1. The minimum atomic E-state index is -0.202. The maximum absolute atomic E-state index is 12.3. The van der Waals surface area contributed by atoms with E-state index in [4.69, 9.17) is 11.6 Å². The molecule has 2 heterocycles. The van der Waals surface area contributed by atoms with Gasteiger partial charge >= 0.3 is 0 Å². The zero-order chi connectivity index (χ0) is 17.1. The van der Waals surface area contributed by atoms with E-state index in [1.54, 1.807) is 24.4 Å². The fourth-order valence-electron chi connectivity index (χ4n) is 2.45. The highest BCUT2D eigenvalue weighted by molar-refractivity contribution is 6.30. The molecule has 0 fully saturated rings. The first kappa shape index (κ1) is 16.3. The third kappa shape index (κ3) is 3.33. The van der Waals surface area contributed by atoms with Gasteiger partial charge in [0.1, 0.15) is 5.69 Å². The molecule has 0 aliphatic heterocycles. The van der Waals surface area contributed by atoms with Crippen LogP contribution in [0.5, 0.6) is 0 Å². The van der Waals surface area contributed by atoms with Crippen molar-refractivity contribution in [2.75, 3.05) is 0 Å². The molecule has 3 aromatic rings. The first-order chi connectivity index (χ1) is 11.6. The fourth-order valence-corrected chi connectivity index (χ4v) is 2.58. The topological polar surface area (TPSA) is 75.6 Å². The van der Waals surface area contributed by atoms with Crippen molar-refractivity contribution in [2.24, 2.45) is 0 Å². The Morgan fingerprint density at radius 1 is 1.33 bits per heavy atom. The Bertz CT molecular complexity index is 850. The smallest absolute Gasteiger partial charge is 0.269 e. The van der Waals surface area contributed by atoms with Gasteiger partial charge < -0.3 is 5.32 Å². The second-order valence-corrected chi connectivity index (χ2v) is 5.86. The molecule has 2 aromatic heterocycles. The average molecular weight is 344 g/mol. The van der Waals surface area contributed by atoms with Crippen molar-refractivity contribution in [3.05, 3.63) is 58.5 Å². The fraction of sp³-hybridized carbons (Fsp3) is 0.235. The lowest BCUT2D eigenvalue weighted by Gasteiger charge is -2.04. The van der Waals surface area contributed by atoms with Gasteiger partial charge in [-0.05, 0) is 32.0 Å². The average Bonchev–Trinajstić information content (AvgIpc) is 3.20. The maximum Gasteiger partial charge on any atom is 0.269 e. The quantitative estimate of drug-likeness (QED) is 0.747. The van der Waals surface area contributed by atoms with Gasteiger partial charge in [0.15, 0.2) is 0 Å². The second kappa shape index (κ2) is 6.88. The molecule has 0 aliphatic rings. The lowest BCUT2D eigenvalue weighted by molar-refractivity contribution is 0.0946. The van der Waals surface area contributed by atoms with E-state index in [1.165, 1.54) is 0 Å². The molecule has 0 unspecified atom stereocenters. The molecule has 6 nitrogen and oxygen atoms in total. The van der Waals surface area contributed by atoms with Crippen LogP contribution in [-0.4, -0.2) is 25.9 Å².